The zero-order valence-electron chi connectivity index (χ0n) is 20.1. The highest BCUT2D eigenvalue weighted by Gasteiger charge is 2.59. The fraction of sp³-hybridized carbons (Fsp3) is 0.800. The maximum absolute atomic E-state index is 12.9. The van der Waals surface area contributed by atoms with Crippen molar-refractivity contribution in [3.63, 3.8) is 0 Å². The molecule has 1 saturated heterocycles. The van der Waals surface area contributed by atoms with Gasteiger partial charge in [-0.1, -0.05) is 0 Å². The van der Waals surface area contributed by atoms with Crippen molar-refractivity contribution in [2.24, 2.45) is 0 Å². The predicted molar refractivity (Wildman–Crippen MR) is 113 cm³/mol. The van der Waals surface area contributed by atoms with Gasteiger partial charge in [0.05, 0.1) is 19.4 Å². The fourth-order valence-electron chi connectivity index (χ4n) is 3.42. The summed E-state index contributed by atoms with van der Waals surface area (Å²) in [4.78, 5) is 46.8. The van der Waals surface area contributed by atoms with Gasteiger partial charge in [0.2, 0.25) is 5.79 Å². The summed E-state index contributed by atoms with van der Waals surface area (Å²) in [6.45, 7) is 7.13. The Bertz CT molecular complexity index is 774. The number of carbonyl (C=O) groups excluding carboxylic acids is 4. The van der Waals surface area contributed by atoms with E-state index >= 15 is 0 Å². The Morgan fingerprint density at radius 2 is 1.35 bits per heavy atom. The summed E-state index contributed by atoms with van der Waals surface area (Å²) in [5.41, 5.74) is 0. The molecule has 1 aliphatic heterocycles. The SMILES string of the molecule is CCOP(=O)(CC[C@]1(O)O[C@H](COC(C)=O)[C@H](OC(C)=O)[C@H](OC(C)=O)[C@H]1OC(C)=O)OCC. The maximum atomic E-state index is 12.9. The predicted octanol–water partition coefficient (Wildman–Crippen LogP) is 1.09. The molecule has 1 aliphatic rings. The Morgan fingerprint density at radius 3 is 1.79 bits per heavy atom. The van der Waals surface area contributed by atoms with Gasteiger partial charge in [-0.2, -0.15) is 0 Å². The van der Waals surface area contributed by atoms with Crippen LogP contribution >= 0.6 is 7.60 Å². The minimum atomic E-state index is -3.68. The van der Waals surface area contributed by atoms with Crippen LogP contribution < -0.4 is 0 Å². The average Bonchev–Trinajstić information content (AvgIpc) is 2.70. The van der Waals surface area contributed by atoms with Crippen molar-refractivity contribution >= 4 is 31.5 Å². The molecule has 0 spiro atoms. The van der Waals surface area contributed by atoms with Crippen molar-refractivity contribution in [1.29, 1.82) is 0 Å². The summed E-state index contributed by atoms with van der Waals surface area (Å²) in [5, 5.41) is 11.4. The van der Waals surface area contributed by atoms with Gasteiger partial charge < -0.3 is 37.8 Å². The molecule has 34 heavy (non-hydrogen) atoms. The molecular formula is C20H33O13P. The quantitative estimate of drug-likeness (QED) is 0.224. The molecule has 0 radical (unpaired) electrons. The number of esters is 4. The molecule has 0 unspecified atom stereocenters. The van der Waals surface area contributed by atoms with Gasteiger partial charge >= 0.3 is 31.5 Å². The number of carbonyl (C=O) groups is 4. The lowest BCUT2D eigenvalue weighted by Crippen LogP contribution is -2.68. The van der Waals surface area contributed by atoms with Gasteiger partial charge in [-0.25, -0.2) is 0 Å². The standard InChI is InChI=1S/C20H33O13P/c1-7-28-34(26,29-8-2)10-9-20(25)19(32-15(6)24)18(31-14(5)23)17(30-13(4)22)16(33-20)11-27-12(3)21/h16-19,25H,7-11H2,1-6H3/t16-,17+,18+,19-,20+/m1/s1. The van der Waals surface area contributed by atoms with Crippen LogP contribution in [0.1, 0.15) is 48.0 Å². The topological polar surface area (TPSA) is 170 Å². The largest absolute Gasteiger partial charge is 0.463 e. The number of aliphatic hydroxyl groups is 1. The number of ether oxygens (including phenoxy) is 5. The molecule has 1 rings (SSSR count). The van der Waals surface area contributed by atoms with E-state index in [9.17, 15) is 28.8 Å². The first-order chi connectivity index (χ1) is 15.8. The highest BCUT2D eigenvalue weighted by Crippen LogP contribution is 2.50. The summed E-state index contributed by atoms with van der Waals surface area (Å²) in [6, 6.07) is 0. The number of hydrogen-bond acceptors (Lipinski definition) is 13. The molecule has 1 heterocycles. The summed E-state index contributed by atoms with van der Waals surface area (Å²) >= 11 is 0. The molecule has 0 amide bonds. The molecule has 14 heteroatoms. The van der Waals surface area contributed by atoms with Crippen LogP contribution in [0.25, 0.3) is 0 Å². The van der Waals surface area contributed by atoms with E-state index in [0.29, 0.717) is 0 Å². The van der Waals surface area contributed by atoms with Gasteiger partial charge in [0.25, 0.3) is 0 Å². The van der Waals surface area contributed by atoms with Crippen molar-refractivity contribution in [2.75, 3.05) is 26.0 Å². The molecule has 0 aromatic heterocycles. The molecule has 1 N–H and O–H groups in total. The Morgan fingerprint density at radius 1 is 0.853 bits per heavy atom. The van der Waals surface area contributed by atoms with Crippen LogP contribution in [0.4, 0.5) is 0 Å². The van der Waals surface area contributed by atoms with Gasteiger partial charge in [0, 0.05) is 34.1 Å². The van der Waals surface area contributed by atoms with Gasteiger partial charge in [0.1, 0.15) is 12.7 Å². The summed E-state index contributed by atoms with van der Waals surface area (Å²) in [6.07, 6.45) is -6.85. The van der Waals surface area contributed by atoms with E-state index in [1.54, 1.807) is 13.8 Å². The van der Waals surface area contributed by atoms with Crippen molar-refractivity contribution in [3.05, 3.63) is 0 Å². The van der Waals surface area contributed by atoms with Crippen LogP contribution in [0.5, 0.6) is 0 Å². The zero-order valence-corrected chi connectivity index (χ0v) is 21.0. The average molecular weight is 512 g/mol. The Kier molecular flexibility index (Phi) is 11.6. The lowest BCUT2D eigenvalue weighted by molar-refractivity contribution is -0.352. The first-order valence-electron chi connectivity index (χ1n) is 10.7. The molecule has 0 aliphatic carbocycles. The van der Waals surface area contributed by atoms with Gasteiger partial charge in [-0.15, -0.1) is 0 Å². The molecule has 0 bridgehead atoms. The summed E-state index contributed by atoms with van der Waals surface area (Å²) < 4.78 is 49.8. The second-order valence-corrected chi connectivity index (χ2v) is 9.59. The van der Waals surface area contributed by atoms with E-state index < -0.39 is 74.7 Å². The van der Waals surface area contributed by atoms with E-state index in [1.165, 1.54) is 0 Å². The first kappa shape index (κ1) is 30.0. The minimum absolute atomic E-state index is 0.0591. The van der Waals surface area contributed by atoms with Crippen molar-refractivity contribution < 1.29 is 61.6 Å². The number of rotatable bonds is 12. The van der Waals surface area contributed by atoms with Gasteiger partial charge in [-0.05, 0) is 13.8 Å². The zero-order chi connectivity index (χ0) is 26.1. The monoisotopic (exact) mass is 512 g/mol. The second kappa shape index (κ2) is 13.1. The third-order valence-corrected chi connectivity index (χ3v) is 6.61. The Hall–Kier alpha value is -2.05. The van der Waals surface area contributed by atoms with E-state index in [2.05, 4.69) is 0 Å². The smallest absolute Gasteiger partial charge is 0.330 e. The van der Waals surface area contributed by atoms with Crippen LogP contribution in [0.3, 0.4) is 0 Å². The highest BCUT2D eigenvalue weighted by atomic mass is 31.2. The third kappa shape index (κ3) is 8.95. The third-order valence-electron chi connectivity index (χ3n) is 4.53. The summed E-state index contributed by atoms with van der Waals surface area (Å²) in [5.74, 6) is -5.64. The molecular weight excluding hydrogens is 479 g/mol. The van der Waals surface area contributed by atoms with Crippen LogP contribution in [0, 0.1) is 0 Å². The van der Waals surface area contributed by atoms with Crippen LogP contribution in [0.2, 0.25) is 0 Å². The van der Waals surface area contributed by atoms with Gasteiger partial charge in [-0.3, -0.25) is 23.7 Å². The molecule has 1 fully saturated rings. The molecule has 5 atom stereocenters. The number of hydrogen-bond donors (Lipinski definition) is 1. The fourth-order valence-corrected chi connectivity index (χ4v) is 5.13. The van der Waals surface area contributed by atoms with Crippen molar-refractivity contribution in [2.45, 2.75) is 78.2 Å². The molecule has 0 aromatic rings. The summed E-state index contributed by atoms with van der Waals surface area (Å²) in [7, 11) is -3.68. The highest BCUT2D eigenvalue weighted by molar-refractivity contribution is 7.53. The molecule has 196 valence electrons. The molecule has 13 nitrogen and oxygen atoms in total. The van der Waals surface area contributed by atoms with E-state index in [1.807, 2.05) is 0 Å². The molecule has 0 saturated carbocycles. The normalized spacial score (nSPS) is 26.9. The van der Waals surface area contributed by atoms with Crippen molar-refractivity contribution in [3.8, 4) is 0 Å². The second-order valence-electron chi connectivity index (χ2n) is 7.40. The minimum Gasteiger partial charge on any atom is -0.463 e. The lowest BCUT2D eigenvalue weighted by Gasteiger charge is -2.48. The lowest BCUT2D eigenvalue weighted by atomic mass is 9.90. The van der Waals surface area contributed by atoms with Crippen LogP contribution in [-0.2, 0) is 56.5 Å². The molecule has 0 aromatic carbocycles. The van der Waals surface area contributed by atoms with Gasteiger partial charge in [0.15, 0.2) is 18.3 Å². The Labute approximate surface area is 197 Å². The van der Waals surface area contributed by atoms with Crippen molar-refractivity contribution in [1.82, 2.24) is 0 Å². The van der Waals surface area contributed by atoms with E-state index in [0.717, 1.165) is 27.7 Å². The van der Waals surface area contributed by atoms with Crippen LogP contribution in [-0.4, -0.2) is 85.2 Å². The van der Waals surface area contributed by atoms with E-state index in [4.69, 9.17) is 32.7 Å². The van der Waals surface area contributed by atoms with E-state index in [-0.39, 0.29) is 19.4 Å². The first-order valence-corrected chi connectivity index (χ1v) is 12.4. The van der Waals surface area contributed by atoms with Crippen LogP contribution in [0.15, 0.2) is 0 Å². The Balaban J connectivity index is 3.47. The maximum Gasteiger partial charge on any atom is 0.330 e.